The second-order valence-corrected chi connectivity index (χ2v) is 9.76. The van der Waals surface area contributed by atoms with Gasteiger partial charge in [0.1, 0.15) is 0 Å². The predicted molar refractivity (Wildman–Crippen MR) is 66.8 cm³/mol. The van der Waals surface area contributed by atoms with Gasteiger partial charge in [-0.2, -0.15) is 0 Å². The number of aromatic nitrogens is 1. The molecule has 0 aliphatic rings. The quantitative estimate of drug-likeness (QED) is 0.624. The van der Waals surface area contributed by atoms with Gasteiger partial charge in [-0.15, -0.1) is 6.42 Å². The molecule has 84 valence electrons. The highest BCUT2D eigenvalue weighted by Crippen LogP contribution is 2.13. The molecule has 0 saturated carbocycles. The largest absolute Gasteiger partial charge is 0.477 e. The number of carboxylic acid groups (broad SMARTS) is 1. The van der Waals surface area contributed by atoms with Crippen molar-refractivity contribution in [2.75, 3.05) is 0 Å². The van der Waals surface area contributed by atoms with E-state index in [1.807, 2.05) is 0 Å². The van der Waals surface area contributed by atoms with Crippen molar-refractivity contribution < 1.29 is 9.90 Å². The van der Waals surface area contributed by atoms with E-state index in [9.17, 15) is 4.79 Å². The number of carbonyl (C=O) groups is 1. The lowest BCUT2D eigenvalue weighted by Crippen LogP contribution is -2.41. The molecule has 1 aromatic heterocycles. The molecule has 1 aromatic rings. The normalized spacial score (nSPS) is 10.9. The number of rotatable bonds is 2. The highest BCUT2D eigenvalue weighted by molar-refractivity contribution is 6.89. The first-order chi connectivity index (χ1) is 7.29. The zero-order valence-electron chi connectivity index (χ0n) is 9.96. The number of carboxylic acids is 1. The molecular formula is C12H15NO2Si. The smallest absolute Gasteiger partial charge is 0.354 e. The number of terminal acetylenes is 1. The molecule has 1 rings (SSSR count). The summed E-state index contributed by atoms with van der Waals surface area (Å²) in [6.07, 6.45) is 7.09. The SMILES string of the molecule is C#Cc1c([Si](C)(C)C)cnc(C(=O)O)c1C. The molecule has 0 aromatic carbocycles. The molecule has 0 bridgehead atoms. The van der Waals surface area contributed by atoms with Gasteiger partial charge in [-0.3, -0.25) is 0 Å². The van der Waals surface area contributed by atoms with Crippen LogP contribution in [0.1, 0.15) is 21.6 Å². The van der Waals surface area contributed by atoms with E-state index in [1.54, 1.807) is 13.1 Å². The second kappa shape index (κ2) is 4.10. The van der Waals surface area contributed by atoms with Crippen molar-refractivity contribution in [2.45, 2.75) is 26.6 Å². The van der Waals surface area contributed by atoms with Crippen LogP contribution in [0.5, 0.6) is 0 Å². The minimum atomic E-state index is -1.59. The fourth-order valence-corrected chi connectivity index (χ4v) is 3.04. The van der Waals surface area contributed by atoms with Crippen LogP contribution in [0.4, 0.5) is 0 Å². The van der Waals surface area contributed by atoms with Crippen molar-refractivity contribution >= 4 is 19.2 Å². The average molecular weight is 233 g/mol. The van der Waals surface area contributed by atoms with Crippen molar-refractivity contribution in [1.29, 1.82) is 0 Å². The molecule has 16 heavy (non-hydrogen) atoms. The van der Waals surface area contributed by atoms with E-state index in [-0.39, 0.29) is 5.69 Å². The van der Waals surface area contributed by atoms with Gasteiger partial charge in [0, 0.05) is 11.8 Å². The van der Waals surface area contributed by atoms with Gasteiger partial charge in [-0.05, 0) is 17.7 Å². The maximum atomic E-state index is 10.9. The first-order valence-electron chi connectivity index (χ1n) is 4.99. The van der Waals surface area contributed by atoms with E-state index in [2.05, 4.69) is 30.5 Å². The third kappa shape index (κ3) is 2.15. The average Bonchev–Trinajstić information content (AvgIpc) is 2.15. The first-order valence-corrected chi connectivity index (χ1v) is 8.49. The van der Waals surface area contributed by atoms with Crippen LogP contribution in [-0.2, 0) is 0 Å². The third-order valence-electron chi connectivity index (χ3n) is 2.48. The van der Waals surface area contributed by atoms with Crippen LogP contribution in [0, 0.1) is 19.3 Å². The number of nitrogens with zero attached hydrogens (tertiary/aromatic N) is 1. The van der Waals surface area contributed by atoms with Crippen molar-refractivity contribution in [3.63, 3.8) is 0 Å². The summed E-state index contributed by atoms with van der Waals surface area (Å²) < 4.78 is 0. The molecule has 0 spiro atoms. The minimum absolute atomic E-state index is 0.0509. The Labute approximate surface area is 96.5 Å². The highest BCUT2D eigenvalue weighted by atomic mass is 28.3. The zero-order valence-corrected chi connectivity index (χ0v) is 11.0. The van der Waals surface area contributed by atoms with Gasteiger partial charge in [0.2, 0.25) is 0 Å². The van der Waals surface area contributed by atoms with E-state index in [4.69, 9.17) is 11.5 Å². The van der Waals surface area contributed by atoms with Gasteiger partial charge in [-0.1, -0.05) is 25.6 Å². The van der Waals surface area contributed by atoms with E-state index >= 15 is 0 Å². The minimum Gasteiger partial charge on any atom is -0.477 e. The molecule has 1 N–H and O–H groups in total. The maximum absolute atomic E-state index is 10.9. The molecule has 1 heterocycles. The summed E-state index contributed by atoms with van der Waals surface area (Å²) in [6.45, 7) is 8.19. The molecule has 0 amide bonds. The summed E-state index contributed by atoms with van der Waals surface area (Å²) in [6, 6.07) is 0. The summed E-state index contributed by atoms with van der Waals surface area (Å²) in [7, 11) is -1.59. The fraction of sp³-hybridized carbons (Fsp3) is 0.333. The molecule has 0 aliphatic carbocycles. The third-order valence-corrected chi connectivity index (χ3v) is 4.47. The molecule has 0 fully saturated rings. The summed E-state index contributed by atoms with van der Waals surface area (Å²) >= 11 is 0. The molecule has 0 radical (unpaired) electrons. The Kier molecular flexibility index (Phi) is 3.20. The summed E-state index contributed by atoms with van der Waals surface area (Å²) in [5, 5.41) is 10.00. The molecule has 3 nitrogen and oxygen atoms in total. The fourth-order valence-electron chi connectivity index (χ4n) is 1.58. The Morgan fingerprint density at radius 2 is 2.06 bits per heavy atom. The van der Waals surface area contributed by atoms with Crippen LogP contribution in [0.3, 0.4) is 0 Å². The Morgan fingerprint density at radius 1 is 1.50 bits per heavy atom. The number of aromatic carboxylic acids is 1. The summed E-state index contributed by atoms with van der Waals surface area (Å²) in [5.41, 5.74) is 1.34. The van der Waals surface area contributed by atoms with Crippen molar-refractivity contribution in [3.8, 4) is 12.3 Å². The Morgan fingerprint density at radius 3 is 2.44 bits per heavy atom. The lowest BCUT2D eigenvalue weighted by atomic mass is 10.1. The summed E-state index contributed by atoms with van der Waals surface area (Å²) in [5.74, 6) is 1.57. The highest BCUT2D eigenvalue weighted by Gasteiger charge is 2.23. The van der Waals surface area contributed by atoms with Gasteiger partial charge in [0.15, 0.2) is 5.69 Å². The Hall–Kier alpha value is -1.60. The molecule has 0 aliphatic heterocycles. The van der Waals surface area contributed by atoms with Crippen LogP contribution in [0.25, 0.3) is 0 Å². The van der Waals surface area contributed by atoms with Crippen LogP contribution in [0.2, 0.25) is 19.6 Å². The zero-order chi connectivity index (χ0) is 12.5. The first kappa shape index (κ1) is 12.5. The van der Waals surface area contributed by atoms with Gasteiger partial charge in [-0.25, -0.2) is 9.78 Å². The number of pyridine rings is 1. The van der Waals surface area contributed by atoms with Crippen LogP contribution >= 0.6 is 0 Å². The molecular weight excluding hydrogens is 218 g/mol. The standard InChI is InChI=1S/C12H15NO2Si/c1-6-9-8(2)11(12(14)15)13-7-10(9)16(3,4)5/h1,7H,2-5H3,(H,14,15). The number of hydrogen-bond acceptors (Lipinski definition) is 2. The van der Waals surface area contributed by atoms with E-state index in [1.165, 1.54) is 0 Å². The maximum Gasteiger partial charge on any atom is 0.354 e. The van der Waals surface area contributed by atoms with Crippen molar-refractivity contribution in [1.82, 2.24) is 4.98 Å². The van der Waals surface area contributed by atoms with Gasteiger partial charge in [0.25, 0.3) is 0 Å². The summed E-state index contributed by atoms with van der Waals surface area (Å²) in [4.78, 5) is 14.9. The van der Waals surface area contributed by atoms with E-state index in [0.29, 0.717) is 11.1 Å². The van der Waals surface area contributed by atoms with Gasteiger partial charge < -0.3 is 5.11 Å². The van der Waals surface area contributed by atoms with Crippen LogP contribution in [0.15, 0.2) is 6.20 Å². The Bertz CT molecular complexity index is 481. The topological polar surface area (TPSA) is 50.2 Å². The van der Waals surface area contributed by atoms with Crippen molar-refractivity contribution in [2.24, 2.45) is 0 Å². The van der Waals surface area contributed by atoms with Crippen LogP contribution in [-0.4, -0.2) is 24.1 Å². The Balaban J connectivity index is 3.56. The van der Waals surface area contributed by atoms with Crippen molar-refractivity contribution in [3.05, 3.63) is 23.0 Å². The van der Waals surface area contributed by atoms with Crippen LogP contribution < -0.4 is 5.19 Å². The lowest BCUT2D eigenvalue weighted by molar-refractivity contribution is 0.0689. The van der Waals surface area contributed by atoms with Gasteiger partial charge >= 0.3 is 5.97 Å². The van der Waals surface area contributed by atoms with E-state index in [0.717, 1.165) is 5.19 Å². The molecule has 4 heteroatoms. The number of hydrogen-bond donors (Lipinski definition) is 1. The molecule has 0 atom stereocenters. The molecule has 0 unspecified atom stereocenters. The van der Waals surface area contributed by atoms with E-state index < -0.39 is 14.0 Å². The van der Waals surface area contributed by atoms with Gasteiger partial charge in [0.05, 0.1) is 8.07 Å². The second-order valence-electron chi connectivity index (χ2n) is 4.72. The lowest BCUT2D eigenvalue weighted by Gasteiger charge is -2.20. The predicted octanol–water partition coefficient (Wildman–Crippen LogP) is 1.61. The molecule has 0 saturated heterocycles. The monoisotopic (exact) mass is 233 g/mol.